The molecule has 24 heavy (non-hydrogen) atoms. The summed E-state index contributed by atoms with van der Waals surface area (Å²) in [5, 5.41) is 14.3. The van der Waals surface area contributed by atoms with Crippen LogP contribution in [0.5, 0.6) is 0 Å². The van der Waals surface area contributed by atoms with Gasteiger partial charge in [0.1, 0.15) is 11.1 Å². The maximum atomic E-state index is 12.1. The number of thiophene rings is 1. The number of amides is 1. The van der Waals surface area contributed by atoms with Gasteiger partial charge in [-0.25, -0.2) is 0 Å². The fourth-order valence-electron chi connectivity index (χ4n) is 2.90. The molecule has 4 nitrogen and oxygen atoms in total. The quantitative estimate of drug-likeness (QED) is 0.879. The molecule has 0 aliphatic carbocycles. The zero-order valence-electron chi connectivity index (χ0n) is 13.4. The van der Waals surface area contributed by atoms with Gasteiger partial charge >= 0.3 is 0 Å². The number of anilines is 1. The molecule has 1 atom stereocenters. The molecule has 2 N–H and O–H groups in total. The summed E-state index contributed by atoms with van der Waals surface area (Å²) in [6, 6.07) is 14.3. The van der Waals surface area contributed by atoms with Crippen LogP contribution in [0.25, 0.3) is 5.57 Å². The Bertz CT molecular complexity index is 773. The largest absolute Gasteiger partial charge is 0.331 e. The molecule has 0 spiro atoms. The van der Waals surface area contributed by atoms with Crippen LogP contribution in [0.1, 0.15) is 24.0 Å². The summed E-state index contributed by atoms with van der Waals surface area (Å²) in [5.74, 6) is -0.0146. The Labute approximate surface area is 146 Å². The van der Waals surface area contributed by atoms with Gasteiger partial charge in [0.25, 0.3) is 0 Å². The van der Waals surface area contributed by atoms with Crippen molar-refractivity contribution in [2.75, 3.05) is 25.0 Å². The van der Waals surface area contributed by atoms with E-state index in [1.165, 1.54) is 27.4 Å². The molecule has 1 unspecified atom stereocenters. The number of carbonyl (C=O) groups is 1. The predicted octanol–water partition coefficient (Wildman–Crippen LogP) is 2.32. The lowest BCUT2D eigenvalue weighted by Gasteiger charge is -2.23. The highest BCUT2D eigenvalue weighted by atomic mass is 32.1. The van der Waals surface area contributed by atoms with E-state index in [1.54, 1.807) is 6.07 Å². The molecule has 2 aromatic rings. The standard InChI is InChI=1S/C19H19N3OS/c20-14-17-9-13-24-19(17)21-18(23)8-12-22-10-6-16(7-11-22)15-4-2-1-3-5-15/h1-6,9,13H,7-8,10-12H2,(H,21,23)/p+1. The van der Waals surface area contributed by atoms with Crippen molar-refractivity contribution in [3.8, 4) is 6.07 Å². The Kier molecular flexibility index (Phi) is 5.42. The molecule has 0 saturated heterocycles. The number of benzene rings is 1. The maximum Gasteiger partial charge on any atom is 0.230 e. The van der Waals surface area contributed by atoms with Gasteiger partial charge in [0.15, 0.2) is 0 Å². The molecule has 122 valence electrons. The van der Waals surface area contributed by atoms with Gasteiger partial charge in [0.2, 0.25) is 5.91 Å². The van der Waals surface area contributed by atoms with Crippen molar-refractivity contribution in [1.82, 2.24) is 0 Å². The summed E-state index contributed by atoms with van der Waals surface area (Å²) in [6.45, 7) is 2.83. The van der Waals surface area contributed by atoms with Crippen molar-refractivity contribution < 1.29 is 9.69 Å². The molecule has 1 aliphatic heterocycles. The van der Waals surface area contributed by atoms with E-state index in [4.69, 9.17) is 5.26 Å². The molecule has 1 aromatic carbocycles. The second-order valence-corrected chi connectivity index (χ2v) is 6.79. The molecular formula is C19H20N3OS+. The van der Waals surface area contributed by atoms with Gasteiger partial charge in [0.05, 0.1) is 31.6 Å². The van der Waals surface area contributed by atoms with Crippen molar-refractivity contribution >= 4 is 27.8 Å². The first-order valence-corrected chi connectivity index (χ1v) is 8.99. The topological polar surface area (TPSA) is 57.3 Å². The molecule has 0 saturated carbocycles. The smallest absolute Gasteiger partial charge is 0.230 e. The third kappa shape index (κ3) is 4.10. The summed E-state index contributed by atoms with van der Waals surface area (Å²) in [6.07, 6.45) is 3.82. The van der Waals surface area contributed by atoms with Crippen molar-refractivity contribution in [3.63, 3.8) is 0 Å². The van der Waals surface area contributed by atoms with E-state index in [9.17, 15) is 4.79 Å². The highest BCUT2D eigenvalue weighted by molar-refractivity contribution is 7.14. The maximum absolute atomic E-state index is 12.1. The minimum Gasteiger partial charge on any atom is -0.331 e. The number of nitriles is 1. The molecule has 0 radical (unpaired) electrons. The third-order valence-electron chi connectivity index (χ3n) is 4.27. The van der Waals surface area contributed by atoms with Crippen molar-refractivity contribution in [2.24, 2.45) is 0 Å². The van der Waals surface area contributed by atoms with E-state index in [1.807, 2.05) is 11.4 Å². The Morgan fingerprint density at radius 1 is 1.29 bits per heavy atom. The Morgan fingerprint density at radius 2 is 2.12 bits per heavy atom. The van der Waals surface area contributed by atoms with Crippen LogP contribution in [0.2, 0.25) is 0 Å². The van der Waals surface area contributed by atoms with Gasteiger partial charge in [-0.15, -0.1) is 11.3 Å². The third-order valence-corrected chi connectivity index (χ3v) is 5.10. The van der Waals surface area contributed by atoms with Gasteiger partial charge < -0.3 is 10.2 Å². The zero-order valence-corrected chi connectivity index (χ0v) is 14.2. The van der Waals surface area contributed by atoms with Crippen molar-refractivity contribution in [2.45, 2.75) is 12.8 Å². The number of hydrogen-bond donors (Lipinski definition) is 2. The highest BCUT2D eigenvalue weighted by Crippen LogP contribution is 2.22. The second kappa shape index (κ2) is 7.91. The fraction of sp³-hybridized carbons (Fsp3) is 0.263. The van der Waals surface area contributed by atoms with Gasteiger partial charge in [-0.05, 0) is 28.7 Å². The molecular weight excluding hydrogens is 318 g/mol. The fourth-order valence-corrected chi connectivity index (χ4v) is 3.65. The van der Waals surface area contributed by atoms with E-state index in [0.717, 1.165) is 26.1 Å². The summed E-state index contributed by atoms with van der Waals surface area (Å²) in [4.78, 5) is 13.5. The predicted molar refractivity (Wildman–Crippen MR) is 96.9 cm³/mol. The SMILES string of the molecule is N#Cc1ccsc1NC(=O)CC[NH+]1CC=C(c2ccccc2)CC1. The number of rotatable bonds is 5. The van der Waals surface area contributed by atoms with Crippen LogP contribution >= 0.6 is 11.3 Å². The molecule has 5 heteroatoms. The van der Waals surface area contributed by atoms with Gasteiger partial charge in [-0.3, -0.25) is 4.79 Å². The Morgan fingerprint density at radius 3 is 2.83 bits per heavy atom. The number of carbonyl (C=O) groups excluding carboxylic acids is 1. The lowest BCUT2D eigenvalue weighted by atomic mass is 9.99. The van der Waals surface area contributed by atoms with Crippen molar-refractivity contribution in [3.05, 3.63) is 59.0 Å². The van der Waals surface area contributed by atoms with E-state index in [-0.39, 0.29) is 5.91 Å². The molecule has 1 aromatic heterocycles. The first-order chi connectivity index (χ1) is 11.8. The molecule has 0 bridgehead atoms. The second-order valence-electron chi connectivity index (χ2n) is 5.87. The number of nitrogens with one attached hydrogen (secondary N) is 2. The van der Waals surface area contributed by atoms with Crippen LogP contribution in [0.3, 0.4) is 0 Å². The number of quaternary nitrogens is 1. The lowest BCUT2D eigenvalue weighted by molar-refractivity contribution is -0.894. The van der Waals surface area contributed by atoms with E-state index >= 15 is 0 Å². The number of nitrogens with zero attached hydrogens (tertiary/aromatic N) is 1. The van der Waals surface area contributed by atoms with Gasteiger partial charge in [0, 0.05) is 6.42 Å². The van der Waals surface area contributed by atoms with Crippen LogP contribution in [0.15, 0.2) is 47.9 Å². The molecule has 1 aliphatic rings. The van der Waals surface area contributed by atoms with Crippen LogP contribution in [0, 0.1) is 11.3 Å². The molecule has 0 fully saturated rings. The minimum absolute atomic E-state index is 0.0146. The lowest BCUT2D eigenvalue weighted by Crippen LogP contribution is -3.12. The normalized spacial score (nSPS) is 17.0. The monoisotopic (exact) mass is 338 g/mol. The first kappa shape index (κ1) is 16.4. The molecule has 2 heterocycles. The highest BCUT2D eigenvalue weighted by Gasteiger charge is 2.17. The summed E-state index contributed by atoms with van der Waals surface area (Å²) >= 11 is 1.39. The van der Waals surface area contributed by atoms with Crippen LogP contribution in [-0.4, -0.2) is 25.5 Å². The van der Waals surface area contributed by atoms with E-state index < -0.39 is 0 Å². The summed E-state index contributed by atoms with van der Waals surface area (Å²) in [5.41, 5.74) is 3.24. The number of hydrogen-bond acceptors (Lipinski definition) is 3. The van der Waals surface area contributed by atoms with E-state index in [0.29, 0.717) is 17.0 Å². The first-order valence-electron chi connectivity index (χ1n) is 8.11. The average Bonchev–Trinajstić information content (AvgIpc) is 3.08. The average molecular weight is 338 g/mol. The van der Waals surface area contributed by atoms with Gasteiger partial charge in [-0.2, -0.15) is 5.26 Å². The Balaban J connectivity index is 1.47. The zero-order chi connectivity index (χ0) is 16.8. The van der Waals surface area contributed by atoms with Crippen LogP contribution in [0.4, 0.5) is 5.00 Å². The summed E-state index contributed by atoms with van der Waals surface area (Å²) in [7, 11) is 0. The molecule has 1 amide bonds. The van der Waals surface area contributed by atoms with E-state index in [2.05, 4.69) is 41.7 Å². The van der Waals surface area contributed by atoms with Crippen LogP contribution in [-0.2, 0) is 4.79 Å². The molecule has 3 rings (SSSR count). The Hall–Kier alpha value is -2.42. The summed E-state index contributed by atoms with van der Waals surface area (Å²) < 4.78 is 0. The minimum atomic E-state index is -0.0146. The van der Waals surface area contributed by atoms with Crippen LogP contribution < -0.4 is 10.2 Å². The van der Waals surface area contributed by atoms with Crippen molar-refractivity contribution in [1.29, 1.82) is 5.26 Å². The van der Waals surface area contributed by atoms with Gasteiger partial charge in [-0.1, -0.05) is 30.3 Å².